The van der Waals surface area contributed by atoms with Crippen molar-refractivity contribution in [1.82, 2.24) is 24.8 Å². The van der Waals surface area contributed by atoms with Crippen molar-refractivity contribution in [3.63, 3.8) is 0 Å². The third-order valence-corrected chi connectivity index (χ3v) is 5.15. The van der Waals surface area contributed by atoms with Crippen LogP contribution in [-0.2, 0) is 17.6 Å². The second-order valence-corrected chi connectivity index (χ2v) is 7.12. The number of carbonyl (C=O) groups is 1. The fourth-order valence-electron chi connectivity index (χ4n) is 3.30. The fourth-order valence-corrected chi connectivity index (χ4v) is 3.55. The number of piperazine rings is 1. The van der Waals surface area contributed by atoms with E-state index in [-0.39, 0.29) is 0 Å². The Balaban J connectivity index is 0.000000162. The number of rotatable bonds is 1. The molecule has 1 aliphatic heterocycles. The van der Waals surface area contributed by atoms with Gasteiger partial charge in [-0.15, -0.1) is 0 Å². The maximum atomic E-state index is 10.2. The summed E-state index contributed by atoms with van der Waals surface area (Å²) >= 11 is 6.11. The molecule has 0 aromatic carbocycles. The molecule has 4 rings (SSSR count). The van der Waals surface area contributed by atoms with Crippen LogP contribution >= 0.6 is 11.6 Å². The van der Waals surface area contributed by atoms with E-state index in [1.165, 1.54) is 24.0 Å². The van der Waals surface area contributed by atoms with E-state index < -0.39 is 0 Å². The molecule has 0 spiro atoms. The second kappa shape index (κ2) is 7.49. The topological polar surface area (TPSA) is 65.1 Å². The van der Waals surface area contributed by atoms with E-state index in [1.54, 1.807) is 4.90 Å². The first kappa shape index (κ1) is 17.2. The molecule has 2 aromatic rings. The van der Waals surface area contributed by atoms with Crippen LogP contribution in [-0.4, -0.2) is 64.4 Å². The van der Waals surface area contributed by atoms with E-state index in [0.29, 0.717) is 5.15 Å². The number of halogens is 1. The van der Waals surface area contributed by atoms with E-state index >= 15 is 0 Å². The number of hydrogen-bond donors (Lipinski definition) is 1. The lowest BCUT2D eigenvalue weighted by atomic mass is 9.88. The molecule has 24 heavy (non-hydrogen) atoms. The molecule has 3 heterocycles. The van der Waals surface area contributed by atoms with Crippen LogP contribution in [0.4, 0.5) is 0 Å². The standard InChI is InChI=1S/C11H12ClN3.C6H12N2O/c1-6-2-3-8-7(4-6)9-10(12)13-5-14-11(9)15-8;1-7-2-4-8(6-9)5-3-7/h5-6H,2-4H2,1H3,(H,13,14,15);6H,2-5H2,1H3. The van der Waals surface area contributed by atoms with Gasteiger partial charge in [0.25, 0.3) is 0 Å². The summed E-state index contributed by atoms with van der Waals surface area (Å²) in [5, 5.41) is 1.60. The van der Waals surface area contributed by atoms with Gasteiger partial charge in [0.1, 0.15) is 17.1 Å². The number of nitrogens with zero attached hydrogens (tertiary/aromatic N) is 4. The fraction of sp³-hybridized carbons (Fsp3) is 0.588. The zero-order valence-electron chi connectivity index (χ0n) is 14.3. The Morgan fingerprint density at radius 2 is 2.04 bits per heavy atom. The van der Waals surface area contributed by atoms with Crippen molar-refractivity contribution < 1.29 is 4.79 Å². The summed E-state index contributed by atoms with van der Waals surface area (Å²) in [5.41, 5.74) is 3.51. The number of H-pyrrole nitrogens is 1. The number of aromatic amines is 1. The quantitative estimate of drug-likeness (QED) is 0.632. The molecule has 0 bridgehead atoms. The van der Waals surface area contributed by atoms with Gasteiger partial charge in [-0.3, -0.25) is 4.79 Å². The summed E-state index contributed by atoms with van der Waals surface area (Å²) in [6, 6.07) is 0. The first-order valence-corrected chi connectivity index (χ1v) is 8.84. The minimum Gasteiger partial charge on any atom is -0.343 e. The highest BCUT2D eigenvalue weighted by Crippen LogP contribution is 2.33. The van der Waals surface area contributed by atoms with Gasteiger partial charge < -0.3 is 14.8 Å². The van der Waals surface area contributed by atoms with Gasteiger partial charge in [0.15, 0.2) is 0 Å². The van der Waals surface area contributed by atoms with Crippen molar-refractivity contribution >= 4 is 29.0 Å². The van der Waals surface area contributed by atoms with E-state index in [4.69, 9.17) is 11.6 Å². The lowest BCUT2D eigenvalue weighted by Crippen LogP contribution is -2.43. The van der Waals surface area contributed by atoms with Crippen LogP contribution in [0, 0.1) is 5.92 Å². The maximum Gasteiger partial charge on any atom is 0.209 e. The van der Waals surface area contributed by atoms with Gasteiger partial charge in [0, 0.05) is 31.9 Å². The van der Waals surface area contributed by atoms with Crippen LogP contribution in [0.2, 0.25) is 5.15 Å². The highest BCUT2D eigenvalue weighted by atomic mass is 35.5. The molecule has 1 fully saturated rings. The lowest BCUT2D eigenvalue weighted by Gasteiger charge is -2.29. The van der Waals surface area contributed by atoms with Crippen molar-refractivity contribution in [1.29, 1.82) is 0 Å². The molecule has 1 amide bonds. The molecule has 1 atom stereocenters. The molecular weight excluding hydrogens is 326 g/mol. The average molecular weight is 350 g/mol. The van der Waals surface area contributed by atoms with Crippen LogP contribution in [0.15, 0.2) is 6.33 Å². The van der Waals surface area contributed by atoms with Crippen molar-refractivity contribution in [2.24, 2.45) is 5.92 Å². The molecule has 0 radical (unpaired) electrons. The zero-order chi connectivity index (χ0) is 17.1. The first-order valence-electron chi connectivity index (χ1n) is 8.46. The molecule has 1 saturated heterocycles. The van der Waals surface area contributed by atoms with Gasteiger partial charge in [-0.25, -0.2) is 9.97 Å². The molecule has 1 unspecified atom stereocenters. The largest absolute Gasteiger partial charge is 0.343 e. The Kier molecular flexibility index (Phi) is 5.36. The summed E-state index contributed by atoms with van der Waals surface area (Å²) in [7, 11) is 2.07. The van der Waals surface area contributed by atoms with Gasteiger partial charge in [0.05, 0.1) is 5.39 Å². The average Bonchev–Trinajstić information content (AvgIpc) is 2.95. The Hall–Kier alpha value is -1.66. The summed E-state index contributed by atoms with van der Waals surface area (Å²) in [4.78, 5) is 25.8. The molecule has 130 valence electrons. The smallest absolute Gasteiger partial charge is 0.209 e. The molecule has 6 nitrogen and oxygen atoms in total. The third-order valence-electron chi connectivity index (χ3n) is 4.86. The number of aryl methyl sites for hydroxylation is 1. The molecule has 1 N–H and O–H groups in total. The predicted octanol–water partition coefficient (Wildman–Crippen LogP) is 2.13. The van der Waals surface area contributed by atoms with Crippen LogP contribution in [0.25, 0.3) is 11.0 Å². The van der Waals surface area contributed by atoms with Crippen LogP contribution < -0.4 is 0 Å². The summed E-state index contributed by atoms with van der Waals surface area (Å²) in [6.07, 6.45) is 5.86. The molecular formula is C17H24ClN5O. The highest BCUT2D eigenvalue weighted by Gasteiger charge is 2.21. The Morgan fingerprint density at radius 3 is 2.75 bits per heavy atom. The van der Waals surface area contributed by atoms with E-state index in [9.17, 15) is 4.79 Å². The van der Waals surface area contributed by atoms with Gasteiger partial charge >= 0.3 is 0 Å². The van der Waals surface area contributed by atoms with E-state index in [0.717, 1.165) is 62.4 Å². The third kappa shape index (κ3) is 3.70. The number of carbonyl (C=O) groups excluding carboxylic acids is 1. The first-order chi connectivity index (χ1) is 11.6. The lowest BCUT2D eigenvalue weighted by molar-refractivity contribution is -0.119. The zero-order valence-corrected chi connectivity index (χ0v) is 15.0. The summed E-state index contributed by atoms with van der Waals surface area (Å²) in [6.45, 7) is 6.08. The van der Waals surface area contributed by atoms with Crippen LogP contribution in [0.1, 0.15) is 24.6 Å². The minimum absolute atomic E-state index is 0.576. The number of nitrogens with one attached hydrogen (secondary N) is 1. The van der Waals surface area contributed by atoms with Crippen molar-refractivity contribution in [3.05, 3.63) is 22.7 Å². The Morgan fingerprint density at radius 1 is 1.29 bits per heavy atom. The predicted molar refractivity (Wildman–Crippen MR) is 95.2 cm³/mol. The number of amides is 1. The number of fused-ring (bicyclic) bond motifs is 3. The number of hydrogen-bond acceptors (Lipinski definition) is 4. The maximum absolute atomic E-state index is 10.2. The van der Waals surface area contributed by atoms with Crippen LogP contribution in [0.3, 0.4) is 0 Å². The van der Waals surface area contributed by atoms with Crippen molar-refractivity contribution in [2.45, 2.75) is 26.2 Å². The molecule has 1 aliphatic carbocycles. The molecule has 2 aromatic heterocycles. The van der Waals surface area contributed by atoms with Crippen molar-refractivity contribution in [3.8, 4) is 0 Å². The van der Waals surface area contributed by atoms with Gasteiger partial charge in [0.2, 0.25) is 6.41 Å². The minimum atomic E-state index is 0.576. The highest BCUT2D eigenvalue weighted by molar-refractivity contribution is 6.34. The SMILES string of the molecule is CC1CCc2[nH]c3ncnc(Cl)c3c2C1.CN1CCN(C=O)CC1. The molecule has 2 aliphatic rings. The van der Waals surface area contributed by atoms with E-state index in [2.05, 4.69) is 33.8 Å². The van der Waals surface area contributed by atoms with Crippen LogP contribution in [0.5, 0.6) is 0 Å². The Labute approximate surface area is 147 Å². The normalized spacial score (nSPS) is 21.1. The van der Waals surface area contributed by atoms with Gasteiger partial charge in [-0.2, -0.15) is 0 Å². The Bertz CT molecular complexity index is 708. The monoisotopic (exact) mass is 349 g/mol. The van der Waals surface area contributed by atoms with Gasteiger partial charge in [-0.1, -0.05) is 18.5 Å². The molecule has 0 saturated carbocycles. The molecule has 7 heteroatoms. The summed E-state index contributed by atoms with van der Waals surface area (Å²) in [5.74, 6) is 0.729. The number of aromatic nitrogens is 3. The summed E-state index contributed by atoms with van der Waals surface area (Å²) < 4.78 is 0. The number of likely N-dealkylation sites (N-methyl/N-ethyl adjacent to an activating group) is 1. The van der Waals surface area contributed by atoms with Gasteiger partial charge in [-0.05, 0) is 37.8 Å². The van der Waals surface area contributed by atoms with Crippen molar-refractivity contribution in [2.75, 3.05) is 33.2 Å². The second-order valence-electron chi connectivity index (χ2n) is 6.76. The van der Waals surface area contributed by atoms with E-state index in [1.807, 2.05) is 0 Å².